The lowest BCUT2D eigenvalue weighted by Crippen LogP contribution is -2.13. The van der Waals surface area contributed by atoms with E-state index < -0.39 is 0 Å². The van der Waals surface area contributed by atoms with E-state index in [2.05, 4.69) is 27.7 Å². The molecule has 1 aromatic heterocycles. The Hall–Kier alpha value is -0.260. The predicted octanol–water partition coefficient (Wildman–Crippen LogP) is 3.04. The fourth-order valence-electron chi connectivity index (χ4n) is 2.31. The molecule has 0 bridgehead atoms. The Kier molecular flexibility index (Phi) is 3.88. The van der Waals surface area contributed by atoms with Gasteiger partial charge in [-0.05, 0) is 41.4 Å². The molecule has 1 aliphatic rings. The summed E-state index contributed by atoms with van der Waals surface area (Å²) in [6.45, 7) is 1.01. The molecule has 1 fully saturated rings. The van der Waals surface area contributed by atoms with Crippen LogP contribution in [0.15, 0.2) is 6.20 Å². The Labute approximate surface area is 105 Å². The van der Waals surface area contributed by atoms with Crippen LogP contribution in [0.25, 0.3) is 0 Å². The number of nitrogens with two attached hydrogens (primary N) is 1. The summed E-state index contributed by atoms with van der Waals surface area (Å²) >= 11 is 2.24. The van der Waals surface area contributed by atoms with E-state index in [9.17, 15) is 0 Å². The quantitative estimate of drug-likeness (QED) is 0.673. The Morgan fingerprint density at radius 3 is 2.53 bits per heavy atom. The molecule has 1 aliphatic carbocycles. The zero-order valence-electron chi connectivity index (χ0n) is 8.95. The standard InChI is InChI=1S/C11H18IN3/c12-10-7-14-15(11(10)13)8-9-5-3-1-2-4-6-9/h7,9H,1-6,8,13H2. The van der Waals surface area contributed by atoms with E-state index in [0.717, 1.165) is 21.9 Å². The van der Waals surface area contributed by atoms with Crippen molar-refractivity contribution in [3.63, 3.8) is 0 Å². The number of anilines is 1. The van der Waals surface area contributed by atoms with Crippen molar-refractivity contribution < 1.29 is 0 Å². The molecule has 1 saturated carbocycles. The van der Waals surface area contributed by atoms with Gasteiger partial charge in [0.05, 0.1) is 9.77 Å². The number of nitrogens with zero attached hydrogens (tertiary/aromatic N) is 2. The molecule has 4 heteroatoms. The number of hydrogen-bond acceptors (Lipinski definition) is 2. The first kappa shape index (κ1) is 11.2. The van der Waals surface area contributed by atoms with Crippen LogP contribution >= 0.6 is 22.6 Å². The lowest BCUT2D eigenvalue weighted by molar-refractivity contribution is 0.379. The molecule has 1 aromatic rings. The number of aromatic nitrogens is 2. The highest BCUT2D eigenvalue weighted by Gasteiger charge is 2.15. The van der Waals surface area contributed by atoms with Crippen molar-refractivity contribution in [2.24, 2.45) is 5.92 Å². The van der Waals surface area contributed by atoms with Gasteiger partial charge in [0.2, 0.25) is 0 Å². The molecular weight excluding hydrogens is 301 g/mol. The minimum absolute atomic E-state index is 0.783. The van der Waals surface area contributed by atoms with Gasteiger partial charge in [-0.3, -0.25) is 0 Å². The minimum Gasteiger partial charge on any atom is -0.383 e. The second-order valence-corrected chi connectivity index (χ2v) is 5.58. The van der Waals surface area contributed by atoms with Gasteiger partial charge in [0, 0.05) is 6.54 Å². The van der Waals surface area contributed by atoms with Crippen LogP contribution in [0.4, 0.5) is 5.82 Å². The van der Waals surface area contributed by atoms with Crippen molar-refractivity contribution in [2.45, 2.75) is 45.1 Å². The summed E-state index contributed by atoms with van der Waals surface area (Å²) in [4.78, 5) is 0. The maximum absolute atomic E-state index is 5.95. The molecular formula is C11H18IN3. The zero-order valence-corrected chi connectivity index (χ0v) is 11.1. The topological polar surface area (TPSA) is 43.8 Å². The van der Waals surface area contributed by atoms with Gasteiger partial charge in [-0.15, -0.1) is 0 Å². The van der Waals surface area contributed by atoms with Crippen molar-refractivity contribution >= 4 is 28.4 Å². The SMILES string of the molecule is Nc1c(I)cnn1CC1CCCCCC1. The Morgan fingerprint density at radius 1 is 1.33 bits per heavy atom. The molecule has 0 aliphatic heterocycles. The monoisotopic (exact) mass is 319 g/mol. The van der Waals surface area contributed by atoms with E-state index >= 15 is 0 Å². The van der Waals surface area contributed by atoms with Crippen LogP contribution in [-0.2, 0) is 6.54 Å². The third kappa shape index (κ3) is 2.86. The van der Waals surface area contributed by atoms with Gasteiger partial charge in [0.1, 0.15) is 5.82 Å². The van der Waals surface area contributed by atoms with Gasteiger partial charge < -0.3 is 5.73 Å². The lowest BCUT2D eigenvalue weighted by atomic mass is 10.0. The number of halogens is 1. The van der Waals surface area contributed by atoms with E-state index in [0.29, 0.717) is 0 Å². The highest BCUT2D eigenvalue weighted by molar-refractivity contribution is 14.1. The molecule has 0 saturated heterocycles. The van der Waals surface area contributed by atoms with Crippen molar-refractivity contribution in [1.29, 1.82) is 0 Å². The molecule has 0 spiro atoms. The Balaban J connectivity index is 1.98. The second kappa shape index (κ2) is 5.18. The molecule has 2 rings (SSSR count). The van der Waals surface area contributed by atoms with Gasteiger partial charge in [-0.25, -0.2) is 4.68 Å². The molecule has 15 heavy (non-hydrogen) atoms. The second-order valence-electron chi connectivity index (χ2n) is 4.42. The summed E-state index contributed by atoms with van der Waals surface area (Å²) in [5, 5.41) is 4.32. The molecule has 3 nitrogen and oxygen atoms in total. The van der Waals surface area contributed by atoms with Crippen LogP contribution in [-0.4, -0.2) is 9.78 Å². The van der Waals surface area contributed by atoms with Gasteiger partial charge >= 0.3 is 0 Å². The van der Waals surface area contributed by atoms with Crippen LogP contribution in [0.3, 0.4) is 0 Å². The van der Waals surface area contributed by atoms with Gasteiger partial charge in [-0.1, -0.05) is 25.7 Å². The van der Waals surface area contributed by atoms with Crippen LogP contribution < -0.4 is 5.73 Å². The summed E-state index contributed by atoms with van der Waals surface area (Å²) in [5.41, 5.74) is 5.95. The molecule has 84 valence electrons. The fourth-order valence-corrected chi connectivity index (χ4v) is 2.71. The maximum atomic E-state index is 5.95. The zero-order chi connectivity index (χ0) is 10.7. The highest BCUT2D eigenvalue weighted by atomic mass is 127. The van der Waals surface area contributed by atoms with E-state index in [1.807, 2.05) is 10.9 Å². The highest BCUT2D eigenvalue weighted by Crippen LogP contribution is 2.25. The molecule has 0 aromatic carbocycles. The average molecular weight is 319 g/mol. The van der Waals surface area contributed by atoms with Gasteiger partial charge in [0.25, 0.3) is 0 Å². The largest absolute Gasteiger partial charge is 0.383 e. The van der Waals surface area contributed by atoms with Crippen LogP contribution in [0, 0.1) is 9.49 Å². The van der Waals surface area contributed by atoms with Crippen LogP contribution in [0.2, 0.25) is 0 Å². The lowest BCUT2D eigenvalue weighted by Gasteiger charge is -2.14. The van der Waals surface area contributed by atoms with Gasteiger partial charge in [0.15, 0.2) is 0 Å². The van der Waals surface area contributed by atoms with Crippen molar-refractivity contribution in [2.75, 3.05) is 5.73 Å². The third-order valence-corrected chi connectivity index (χ3v) is 4.07. The van der Waals surface area contributed by atoms with E-state index in [4.69, 9.17) is 5.73 Å². The molecule has 0 amide bonds. The molecule has 0 atom stereocenters. The van der Waals surface area contributed by atoms with Crippen LogP contribution in [0.5, 0.6) is 0 Å². The summed E-state index contributed by atoms with van der Waals surface area (Å²) in [6.07, 6.45) is 10.1. The van der Waals surface area contributed by atoms with Crippen LogP contribution in [0.1, 0.15) is 38.5 Å². The normalized spacial score (nSPS) is 19.0. The Morgan fingerprint density at radius 2 is 2.00 bits per heavy atom. The number of nitrogen functional groups attached to an aromatic ring is 1. The van der Waals surface area contributed by atoms with Gasteiger partial charge in [-0.2, -0.15) is 5.10 Å². The summed E-state index contributed by atoms with van der Waals surface area (Å²) < 4.78 is 3.04. The van der Waals surface area contributed by atoms with Crippen molar-refractivity contribution in [1.82, 2.24) is 9.78 Å². The van der Waals surface area contributed by atoms with E-state index in [1.54, 1.807) is 0 Å². The smallest absolute Gasteiger partial charge is 0.135 e. The molecule has 2 N–H and O–H groups in total. The summed E-state index contributed by atoms with van der Waals surface area (Å²) in [5.74, 6) is 1.62. The average Bonchev–Trinajstić information content (AvgIpc) is 2.50. The van der Waals surface area contributed by atoms with E-state index in [-0.39, 0.29) is 0 Å². The first-order chi connectivity index (χ1) is 7.27. The predicted molar refractivity (Wildman–Crippen MR) is 70.5 cm³/mol. The summed E-state index contributed by atoms with van der Waals surface area (Å²) in [7, 11) is 0. The first-order valence-corrected chi connectivity index (χ1v) is 6.82. The molecule has 0 radical (unpaired) electrons. The number of hydrogen-bond donors (Lipinski definition) is 1. The minimum atomic E-state index is 0.783. The fraction of sp³-hybridized carbons (Fsp3) is 0.727. The summed E-state index contributed by atoms with van der Waals surface area (Å²) in [6, 6.07) is 0. The molecule has 1 heterocycles. The van der Waals surface area contributed by atoms with Crippen molar-refractivity contribution in [3.05, 3.63) is 9.77 Å². The van der Waals surface area contributed by atoms with Crippen molar-refractivity contribution in [3.8, 4) is 0 Å². The molecule has 0 unspecified atom stereocenters. The maximum Gasteiger partial charge on any atom is 0.135 e. The third-order valence-electron chi connectivity index (χ3n) is 3.24. The first-order valence-electron chi connectivity index (χ1n) is 5.74. The van der Waals surface area contributed by atoms with E-state index in [1.165, 1.54) is 38.5 Å². The Bertz CT molecular complexity index is 314. The number of rotatable bonds is 2.